The molecule has 1 unspecified atom stereocenters. The van der Waals surface area contributed by atoms with Gasteiger partial charge in [-0.2, -0.15) is 0 Å². The smallest absolute Gasteiger partial charge is 0.0628 e. The number of rotatable bonds is 3. The van der Waals surface area contributed by atoms with Crippen LogP contribution in [0.1, 0.15) is 22.1 Å². The highest BCUT2D eigenvalue weighted by Crippen LogP contribution is 2.29. The minimum atomic E-state index is 0.0329. The molecule has 0 nitrogen and oxygen atoms in total. The predicted molar refractivity (Wildman–Crippen MR) is 77.6 cm³/mol. The molecule has 0 radical (unpaired) electrons. The first-order valence-electron chi connectivity index (χ1n) is 5.61. The molecule has 2 aromatic carbocycles. The second kappa shape index (κ2) is 5.70. The third-order valence-corrected chi connectivity index (χ3v) is 3.71. The Kier molecular flexibility index (Phi) is 4.25. The maximum atomic E-state index is 6.48. The lowest BCUT2D eigenvalue weighted by Crippen LogP contribution is -1.98. The van der Waals surface area contributed by atoms with Crippen LogP contribution in [-0.4, -0.2) is 0 Å². The van der Waals surface area contributed by atoms with Gasteiger partial charge < -0.3 is 0 Å². The van der Waals surface area contributed by atoms with Gasteiger partial charge in [-0.05, 0) is 42.2 Å². The molecule has 0 saturated heterocycles. The molecule has 2 heteroatoms. The van der Waals surface area contributed by atoms with Gasteiger partial charge in [0.25, 0.3) is 0 Å². The lowest BCUT2D eigenvalue weighted by Gasteiger charge is -2.13. The Morgan fingerprint density at radius 3 is 2.47 bits per heavy atom. The maximum absolute atomic E-state index is 6.48. The van der Waals surface area contributed by atoms with E-state index in [0.717, 1.165) is 10.9 Å². The highest BCUT2D eigenvalue weighted by molar-refractivity contribution is 9.10. The van der Waals surface area contributed by atoms with E-state index in [4.69, 9.17) is 11.6 Å². The van der Waals surface area contributed by atoms with E-state index in [2.05, 4.69) is 47.1 Å². The number of alkyl halides is 1. The molecule has 0 amide bonds. The molecular weight excluding hydrogens is 296 g/mol. The van der Waals surface area contributed by atoms with Crippen molar-refractivity contribution in [2.75, 3.05) is 0 Å². The van der Waals surface area contributed by atoms with Gasteiger partial charge in [-0.25, -0.2) is 0 Å². The van der Waals surface area contributed by atoms with Crippen LogP contribution in [0.3, 0.4) is 0 Å². The van der Waals surface area contributed by atoms with Gasteiger partial charge in [-0.3, -0.25) is 0 Å². The largest absolute Gasteiger partial charge is 0.117 e. The van der Waals surface area contributed by atoms with Crippen LogP contribution < -0.4 is 0 Å². The van der Waals surface area contributed by atoms with Gasteiger partial charge in [-0.15, -0.1) is 11.6 Å². The molecule has 0 N–H and O–H groups in total. The van der Waals surface area contributed by atoms with E-state index >= 15 is 0 Å². The van der Waals surface area contributed by atoms with Crippen molar-refractivity contribution in [3.63, 3.8) is 0 Å². The second-order valence-electron chi connectivity index (χ2n) is 4.16. The van der Waals surface area contributed by atoms with E-state index < -0.39 is 0 Å². The maximum Gasteiger partial charge on any atom is 0.0628 e. The zero-order valence-corrected chi connectivity index (χ0v) is 12.0. The number of halogens is 2. The summed E-state index contributed by atoms with van der Waals surface area (Å²) >= 11 is 9.95. The zero-order valence-electron chi connectivity index (χ0n) is 9.66. The highest BCUT2D eigenvalue weighted by atomic mass is 79.9. The first-order valence-corrected chi connectivity index (χ1v) is 6.84. The molecule has 0 aliphatic heterocycles. The van der Waals surface area contributed by atoms with E-state index in [1.54, 1.807) is 0 Å². The molecule has 0 heterocycles. The SMILES string of the molecule is Cc1cc(Br)ccc1C(Cl)Cc1ccccc1. The molecule has 0 aliphatic rings. The summed E-state index contributed by atoms with van der Waals surface area (Å²) in [7, 11) is 0. The van der Waals surface area contributed by atoms with Crippen LogP contribution in [0.4, 0.5) is 0 Å². The number of aryl methyl sites for hydroxylation is 1. The van der Waals surface area contributed by atoms with Crippen molar-refractivity contribution in [2.45, 2.75) is 18.7 Å². The Morgan fingerprint density at radius 2 is 1.82 bits per heavy atom. The monoisotopic (exact) mass is 308 g/mol. The van der Waals surface area contributed by atoms with E-state index in [9.17, 15) is 0 Å². The molecule has 0 spiro atoms. The van der Waals surface area contributed by atoms with Gasteiger partial charge in [0.1, 0.15) is 0 Å². The summed E-state index contributed by atoms with van der Waals surface area (Å²) in [6, 6.07) is 16.6. The Balaban J connectivity index is 2.17. The fraction of sp³-hybridized carbons (Fsp3) is 0.200. The molecule has 2 rings (SSSR count). The molecular formula is C15H14BrCl. The van der Waals surface area contributed by atoms with Crippen molar-refractivity contribution in [1.29, 1.82) is 0 Å². The van der Waals surface area contributed by atoms with E-state index in [1.807, 2.05) is 24.3 Å². The minimum absolute atomic E-state index is 0.0329. The number of hydrogen-bond acceptors (Lipinski definition) is 0. The summed E-state index contributed by atoms with van der Waals surface area (Å²) in [6.45, 7) is 2.10. The van der Waals surface area contributed by atoms with Crippen LogP contribution in [0.15, 0.2) is 53.0 Å². The minimum Gasteiger partial charge on any atom is -0.117 e. The summed E-state index contributed by atoms with van der Waals surface area (Å²) in [5.41, 5.74) is 3.71. The molecule has 2 aromatic rings. The van der Waals surface area contributed by atoms with Crippen molar-refractivity contribution < 1.29 is 0 Å². The van der Waals surface area contributed by atoms with Crippen molar-refractivity contribution in [3.8, 4) is 0 Å². The van der Waals surface area contributed by atoms with Crippen LogP contribution in [0, 0.1) is 6.92 Å². The fourth-order valence-electron chi connectivity index (χ4n) is 1.92. The van der Waals surface area contributed by atoms with Crippen LogP contribution in [0.25, 0.3) is 0 Å². The van der Waals surface area contributed by atoms with Crippen molar-refractivity contribution >= 4 is 27.5 Å². The Morgan fingerprint density at radius 1 is 1.12 bits per heavy atom. The van der Waals surface area contributed by atoms with Gasteiger partial charge in [0.05, 0.1) is 5.38 Å². The molecule has 0 aromatic heterocycles. The molecule has 0 bridgehead atoms. The summed E-state index contributed by atoms with van der Waals surface area (Å²) < 4.78 is 1.10. The van der Waals surface area contributed by atoms with Crippen LogP contribution >= 0.6 is 27.5 Å². The molecule has 0 aliphatic carbocycles. The first-order chi connectivity index (χ1) is 8.16. The quantitative estimate of drug-likeness (QED) is 0.677. The van der Waals surface area contributed by atoms with Gasteiger partial charge in [0, 0.05) is 4.47 Å². The van der Waals surface area contributed by atoms with E-state index in [-0.39, 0.29) is 5.38 Å². The molecule has 1 atom stereocenters. The fourth-order valence-corrected chi connectivity index (χ4v) is 2.82. The van der Waals surface area contributed by atoms with Crippen molar-refractivity contribution in [3.05, 3.63) is 69.7 Å². The molecule has 0 saturated carbocycles. The molecule has 17 heavy (non-hydrogen) atoms. The van der Waals surface area contributed by atoms with E-state index in [0.29, 0.717) is 0 Å². The Bertz CT molecular complexity index is 494. The highest BCUT2D eigenvalue weighted by Gasteiger charge is 2.11. The first kappa shape index (κ1) is 12.7. The number of hydrogen-bond donors (Lipinski definition) is 0. The Hall–Kier alpha value is -0.790. The second-order valence-corrected chi connectivity index (χ2v) is 5.60. The van der Waals surface area contributed by atoms with Crippen molar-refractivity contribution in [1.82, 2.24) is 0 Å². The zero-order chi connectivity index (χ0) is 12.3. The average molecular weight is 310 g/mol. The summed E-state index contributed by atoms with van der Waals surface area (Å²) in [4.78, 5) is 0. The molecule has 88 valence electrons. The van der Waals surface area contributed by atoms with Gasteiger partial charge in [0.15, 0.2) is 0 Å². The standard InChI is InChI=1S/C15H14BrCl/c1-11-9-13(16)7-8-14(11)15(17)10-12-5-3-2-4-6-12/h2-9,15H,10H2,1H3. The van der Waals surface area contributed by atoms with Crippen molar-refractivity contribution in [2.24, 2.45) is 0 Å². The van der Waals surface area contributed by atoms with E-state index in [1.165, 1.54) is 16.7 Å². The van der Waals surface area contributed by atoms with Gasteiger partial charge >= 0.3 is 0 Å². The average Bonchev–Trinajstić information content (AvgIpc) is 2.30. The molecule has 0 fully saturated rings. The summed E-state index contributed by atoms with van der Waals surface area (Å²) in [5.74, 6) is 0. The van der Waals surface area contributed by atoms with Crippen LogP contribution in [-0.2, 0) is 6.42 Å². The third kappa shape index (κ3) is 3.34. The van der Waals surface area contributed by atoms with Gasteiger partial charge in [-0.1, -0.05) is 52.3 Å². The third-order valence-electron chi connectivity index (χ3n) is 2.83. The van der Waals surface area contributed by atoms with Crippen LogP contribution in [0.5, 0.6) is 0 Å². The van der Waals surface area contributed by atoms with Gasteiger partial charge in [0.2, 0.25) is 0 Å². The number of benzene rings is 2. The summed E-state index contributed by atoms with van der Waals surface area (Å²) in [5, 5.41) is 0.0329. The topological polar surface area (TPSA) is 0 Å². The normalized spacial score (nSPS) is 12.4. The van der Waals surface area contributed by atoms with Crippen LogP contribution in [0.2, 0.25) is 0 Å². The predicted octanol–water partition coefficient (Wildman–Crippen LogP) is 5.28. The Labute approximate surface area is 116 Å². The summed E-state index contributed by atoms with van der Waals surface area (Å²) in [6.07, 6.45) is 0.866. The lowest BCUT2D eigenvalue weighted by molar-refractivity contribution is 0.909. The lowest BCUT2D eigenvalue weighted by atomic mass is 10.0.